The monoisotopic (exact) mass is 473 g/mol. The number of esters is 1. The molecule has 2 aliphatic rings. The number of rotatable bonds is 2. The lowest BCUT2D eigenvalue weighted by Gasteiger charge is -2.24. The van der Waals surface area contributed by atoms with Crippen molar-refractivity contribution in [3.8, 4) is 0 Å². The van der Waals surface area contributed by atoms with Crippen molar-refractivity contribution in [1.82, 2.24) is 4.57 Å². The van der Waals surface area contributed by atoms with Crippen molar-refractivity contribution in [2.75, 3.05) is 12.0 Å². The van der Waals surface area contributed by atoms with Gasteiger partial charge in [-0.2, -0.15) is 0 Å². The fourth-order valence-corrected chi connectivity index (χ4v) is 5.58. The molecular weight excluding hydrogens is 454 g/mol. The Balaban J connectivity index is 1.86. The van der Waals surface area contributed by atoms with Crippen LogP contribution < -0.4 is 19.8 Å². The number of para-hydroxylation sites is 1. The van der Waals surface area contributed by atoms with E-state index >= 15 is 0 Å². The van der Waals surface area contributed by atoms with Crippen LogP contribution in [0.2, 0.25) is 0 Å². The molecule has 0 fully saturated rings. The summed E-state index contributed by atoms with van der Waals surface area (Å²) in [5.41, 5.74) is 2.03. The number of hydrogen-bond acceptors (Lipinski definition) is 7. The van der Waals surface area contributed by atoms with Crippen LogP contribution in [0.15, 0.2) is 75.7 Å². The number of allylic oxidation sites excluding steroid dienone is 1. The van der Waals surface area contributed by atoms with E-state index in [1.807, 2.05) is 30.3 Å². The molecule has 9 heteroatoms. The van der Waals surface area contributed by atoms with Gasteiger partial charge in [-0.1, -0.05) is 59.9 Å². The highest BCUT2D eigenvalue weighted by molar-refractivity contribution is 7.07. The summed E-state index contributed by atoms with van der Waals surface area (Å²) < 4.78 is 6.60. The number of methoxy groups -OCH3 is 1. The summed E-state index contributed by atoms with van der Waals surface area (Å²) in [7, 11) is 1.28. The molecule has 34 heavy (non-hydrogen) atoms. The highest BCUT2D eigenvalue weighted by Gasteiger charge is 2.38. The first-order valence-electron chi connectivity index (χ1n) is 10.5. The zero-order valence-corrected chi connectivity index (χ0v) is 19.4. The third kappa shape index (κ3) is 3.08. The summed E-state index contributed by atoms with van der Waals surface area (Å²) in [6, 6.07) is 15.2. The van der Waals surface area contributed by atoms with E-state index in [2.05, 4.69) is 4.99 Å². The van der Waals surface area contributed by atoms with Crippen LogP contribution in [0.5, 0.6) is 0 Å². The van der Waals surface area contributed by atoms with E-state index in [0.29, 0.717) is 27.3 Å². The molecule has 0 saturated carbocycles. The van der Waals surface area contributed by atoms with Crippen LogP contribution >= 0.6 is 11.3 Å². The van der Waals surface area contributed by atoms with Crippen molar-refractivity contribution in [2.45, 2.75) is 19.9 Å². The van der Waals surface area contributed by atoms with Crippen LogP contribution in [-0.2, 0) is 19.1 Å². The van der Waals surface area contributed by atoms with Gasteiger partial charge in [-0.05, 0) is 18.6 Å². The van der Waals surface area contributed by atoms with Gasteiger partial charge in [0.05, 0.1) is 35.7 Å². The molecule has 0 aliphatic carbocycles. The highest BCUT2D eigenvalue weighted by Crippen LogP contribution is 2.35. The summed E-state index contributed by atoms with van der Waals surface area (Å²) in [6.45, 7) is 3.00. The Kier molecular flexibility index (Phi) is 5.13. The maximum Gasteiger partial charge on any atom is 0.338 e. The summed E-state index contributed by atoms with van der Waals surface area (Å²) in [5.74, 6) is -1.58. The first-order valence-corrected chi connectivity index (χ1v) is 11.3. The van der Waals surface area contributed by atoms with E-state index in [1.165, 1.54) is 18.6 Å². The largest absolute Gasteiger partial charge is 0.466 e. The molecule has 3 aromatic rings. The molecule has 170 valence electrons. The molecule has 8 nitrogen and oxygen atoms in total. The fourth-order valence-electron chi connectivity index (χ4n) is 4.44. The van der Waals surface area contributed by atoms with Gasteiger partial charge in [-0.25, -0.2) is 14.7 Å². The quantitative estimate of drug-likeness (QED) is 0.528. The second kappa shape index (κ2) is 8.03. The molecule has 1 atom stereocenters. The number of aromatic nitrogens is 1. The third-order valence-corrected chi connectivity index (χ3v) is 6.94. The number of nitrogens with zero attached hydrogens (tertiary/aromatic N) is 3. The highest BCUT2D eigenvalue weighted by atomic mass is 32.1. The Morgan fingerprint density at radius 2 is 1.71 bits per heavy atom. The Bertz CT molecular complexity index is 1600. The topological polar surface area (TPSA) is 98.0 Å². The summed E-state index contributed by atoms with van der Waals surface area (Å²) in [4.78, 5) is 58.1. The standard InChI is InChI=1S/C25H19N3O5S/c1-13-18(24(32)33-3)20(15-9-5-4-6-10-15)28-23(31)21(34-25(28)26-13)19-16-11-7-8-12-17(16)27(14(2)29)22(19)30/h4-12,20H,1-3H3/b21-19-. The number of hydrogen-bond donors (Lipinski definition) is 0. The Hall–Kier alpha value is -4.11. The van der Waals surface area contributed by atoms with Crippen LogP contribution in [0.3, 0.4) is 0 Å². The molecule has 0 bridgehead atoms. The molecule has 0 radical (unpaired) electrons. The van der Waals surface area contributed by atoms with Crippen LogP contribution in [0, 0.1) is 0 Å². The van der Waals surface area contributed by atoms with Crippen LogP contribution in [-0.4, -0.2) is 29.5 Å². The van der Waals surface area contributed by atoms with Gasteiger partial charge < -0.3 is 4.74 Å². The SMILES string of the molecule is COC(=O)C1=C(C)N=c2s/c(=C3\C(=O)N(C(C)=O)c4ccccc43)c(=O)n2C1c1ccccc1. The Morgan fingerprint density at radius 3 is 2.38 bits per heavy atom. The molecule has 2 aromatic carbocycles. The fraction of sp³-hybridized carbons (Fsp3) is 0.160. The van der Waals surface area contributed by atoms with Gasteiger partial charge >= 0.3 is 5.97 Å². The van der Waals surface area contributed by atoms with Crippen molar-refractivity contribution in [3.05, 3.63) is 96.7 Å². The maximum absolute atomic E-state index is 13.8. The summed E-state index contributed by atoms with van der Waals surface area (Å²) in [6.07, 6.45) is 0. The number of thiazole rings is 1. The number of imide groups is 1. The van der Waals surface area contributed by atoms with Crippen LogP contribution in [0.4, 0.5) is 5.69 Å². The number of ether oxygens (including phenoxy) is 1. The molecular formula is C25H19N3O5S. The Morgan fingerprint density at radius 1 is 1.03 bits per heavy atom. The van der Waals surface area contributed by atoms with Gasteiger partial charge in [-0.3, -0.25) is 19.0 Å². The van der Waals surface area contributed by atoms with Gasteiger partial charge in [0, 0.05) is 12.5 Å². The number of amides is 2. The minimum Gasteiger partial charge on any atom is -0.466 e. The Labute approximate surface area is 197 Å². The number of fused-ring (bicyclic) bond motifs is 2. The second-order valence-electron chi connectivity index (χ2n) is 7.86. The first-order chi connectivity index (χ1) is 16.3. The first kappa shape index (κ1) is 21.7. The third-order valence-electron chi connectivity index (χ3n) is 5.89. The minimum atomic E-state index is -0.769. The lowest BCUT2D eigenvalue weighted by Crippen LogP contribution is -2.41. The van der Waals surface area contributed by atoms with Crippen LogP contribution in [0.1, 0.15) is 31.0 Å². The lowest BCUT2D eigenvalue weighted by molar-refractivity contribution is -0.136. The van der Waals surface area contributed by atoms with E-state index in [0.717, 1.165) is 16.2 Å². The van der Waals surface area contributed by atoms with E-state index in [9.17, 15) is 19.2 Å². The predicted octanol–water partition coefficient (Wildman–Crippen LogP) is 1.67. The summed E-state index contributed by atoms with van der Waals surface area (Å²) >= 11 is 1.07. The van der Waals surface area contributed by atoms with Crippen molar-refractivity contribution < 1.29 is 19.1 Å². The molecule has 0 saturated heterocycles. The van der Waals surface area contributed by atoms with Crippen molar-refractivity contribution >= 4 is 40.4 Å². The zero-order valence-electron chi connectivity index (χ0n) is 18.6. The zero-order chi connectivity index (χ0) is 24.1. The number of carbonyl (C=O) groups excluding carboxylic acids is 3. The number of carbonyl (C=O) groups is 3. The maximum atomic E-state index is 13.8. The van der Waals surface area contributed by atoms with Crippen molar-refractivity contribution in [1.29, 1.82) is 0 Å². The van der Waals surface area contributed by atoms with E-state index in [1.54, 1.807) is 31.2 Å². The molecule has 1 aromatic heterocycles. The minimum absolute atomic E-state index is 0.155. The van der Waals surface area contributed by atoms with Gasteiger partial charge in [0.15, 0.2) is 4.80 Å². The van der Waals surface area contributed by atoms with Gasteiger partial charge in [0.1, 0.15) is 4.53 Å². The number of anilines is 1. The normalized spacial score (nSPS) is 18.4. The average molecular weight is 474 g/mol. The van der Waals surface area contributed by atoms with Crippen molar-refractivity contribution in [3.63, 3.8) is 0 Å². The molecule has 3 heterocycles. The second-order valence-corrected chi connectivity index (χ2v) is 8.83. The van der Waals surface area contributed by atoms with Crippen LogP contribution in [0.25, 0.3) is 5.57 Å². The lowest BCUT2D eigenvalue weighted by atomic mass is 9.96. The molecule has 0 N–H and O–H groups in total. The summed E-state index contributed by atoms with van der Waals surface area (Å²) in [5, 5.41) is 0. The molecule has 2 aliphatic heterocycles. The number of benzene rings is 2. The predicted molar refractivity (Wildman–Crippen MR) is 126 cm³/mol. The van der Waals surface area contributed by atoms with E-state index < -0.39 is 29.4 Å². The molecule has 0 spiro atoms. The molecule has 5 rings (SSSR count). The molecule has 1 unspecified atom stereocenters. The smallest absolute Gasteiger partial charge is 0.338 e. The van der Waals surface area contributed by atoms with Gasteiger partial charge in [-0.15, -0.1) is 0 Å². The van der Waals surface area contributed by atoms with Gasteiger partial charge in [0.2, 0.25) is 5.91 Å². The van der Waals surface area contributed by atoms with E-state index in [4.69, 9.17) is 4.74 Å². The average Bonchev–Trinajstić information content (AvgIpc) is 3.30. The van der Waals surface area contributed by atoms with Gasteiger partial charge in [0.25, 0.3) is 11.5 Å². The van der Waals surface area contributed by atoms with Crippen molar-refractivity contribution in [2.24, 2.45) is 4.99 Å². The molecule has 2 amide bonds. The van der Waals surface area contributed by atoms with E-state index in [-0.39, 0.29) is 15.7 Å².